The number of hydrogen-bond acceptors (Lipinski definition) is 11. The van der Waals surface area contributed by atoms with Crippen molar-refractivity contribution in [3.05, 3.63) is 124 Å². The Balaban J connectivity index is 0.839. The lowest BCUT2D eigenvalue weighted by atomic mass is 9.49. The minimum Gasteiger partial charge on any atom is -0.491 e. The van der Waals surface area contributed by atoms with E-state index in [1.165, 1.54) is 4.90 Å². The molecule has 5 aromatic rings. The van der Waals surface area contributed by atoms with Gasteiger partial charge in [0.05, 0.1) is 39.4 Å². The molecule has 2 aliphatic rings. The van der Waals surface area contributed by atoms with Crippen LogP contribution in [0.3, 0.4) is 0 Å². The Morgan fingerprint density at radius 2 is 1.54 bits per heavy atom. The van der Waals surface area contributed by atoms with E-state index in [0.29, 0.717) is 27.6 Å². The van der Waals surface area contributed by atoms with Crippen molar-refractivity contribution in [1.82, 2.24) is 25.8 Å². The lowest BCUT2D eigenvalue weighted by molar-refractivity contribution is -0.164. The van der Waals surface area contributed by atoms with Gasteiger partial charge < -0.3 is 40.2 Å². The zero-order valence-electron chi connectivity index (χ0n) is 40.8. The highest BCUT2D eigenvalue weighted by Crippen LogP contribution is 2.55. The number of β-amino-alcohol motifs (C(OH)–C–C–N with tert-alkyl or cyclic N) is 1. The number of nitriles is 1. The molecule has 1 aliphatic heterocycles. The van der Waals surface area contributed by atoms with Crippen molar-refractivity contribution in [2.75, 3.05) is 26.4 Å². The van der Waals surface area contributed by atoms with Crippen molar-refractivity contribution in [3.63, 3.8) is 0 Å². The molecule has 2 fully saturated rings. The number of aromatic nitrogens is 1. The van der Waals surface area contributed by atoms with Crippen LogP contribution in [0.15, 0.2) is 96.5 Å². The van der Waals surface area contributed by atoms with Crippen LogP contribution < -0.4 is 25.4 Å². The van der Waals surface area contributed by atoms with Gasteiger partial charge in [-0.25, -0.2) is 4.98 Å². The van der Waals surface area contributed by atoms with Crippen LogP contribution in [-0.4, -0.2) is 95.3 Å². The first-order valence-electron chi connectivity index (χ1n) is 23.3. The number of carbonyl (C=O) groups is 4. The summed E-state index contributed by atoms with van der Waals surface area (Å²) in [6, 6.07) is 27.8. The van der Waals surface area contributed by atoms with Gasteiger partial charge in [0.15, 0.2) is 0 Å². The van der Waals surface area contributed by atoms with Crippen molar-refractivity contribution in [1.29, 1.82) is 5.26 Å². The van der Waals surface area contributed by atoms with Crippen molar-refractivity contribution in [3.8, 4) is 39.1 Å². The molecule has 1 aliphatic carbocycles. The number of rotatable bonds is 17. The van der Waals surface area contributed by atoms with Crippen LogP contribution in [0.25, 0.3) is 21.6 Å². The van der Waals surface area contributed by atoms with Gasteiger partial charge >= 0.3 is 0 Å². The van der Waals surface area contributed by atoms with Crippen LogP contribution >= 0.6 is 22.9 Å². The van der Waals surface area contributed by atoms with Crippen LogP contribution in [0, 0.1) is 34.5 Å². The number of aryl methyl sites for hydroxylation is 1. The number of aliphatic hydroxyl groups is 1. The summed E-state index contributed by atoms with van der Waals surface area (Å²) in [5.41, 5.74) is 5.95. The van der Waals surface area contributed by atoms with Crippen molar-refractivity contribution in [2.24, 2.45) is 16.2 Å². The summed E-state index contributed by atoms with van der Waals surface area (Å²) in [7, 11) is 0. The van der Waals surface area contributed by atoms with E-state index in [-0.39, 0.29) is 63.3 Å². The maximum absolute atomic E-state index is 14.0. The molecular formula is C54H61ClN6O8S. The second-order valence-corrected chi connectivity index (χ2v) is 21.5. The minimum atomic E-state index is -0.986. The highest BCUT2D eigenvalue weighted by atomic mass is 35.5. The Morgan fingerprint density at radius 1 is 0.914 bits per heavy atom. The quantitative estimate of drug-likeness (QED) is 0.0662. The molecule has 7 rings (SSSR count). The monoisotopic (exact) mass is 988 g/mol. The molecule has 4 amide bonds. The van der Waals surface area contributed by atoms with E-state index in [2.05, 4.69) is 54.7 Å². The molecule has 0 bridgehead atoms. The summed E-state index contributed by atoms with van der Waals surface area (Å²) in [6.07, 6.45) is -1.02. The first kappa shape index (κ1) is 51.5. The van der Waals surface area contributed by atoms with Crippen LogP contribution in [0.2, 0.25) is 5.02 Å². The zero-order chi connectivity index (χ0) is 50.5. The van der Waals surface area contributed by atoms with Gasteiger partial charge in [0.2, 0.25) is 17.7 Å². The second kappa shape index (κ2) is 21.4. The highest BCUT2D eigenvalue weighted by molar-refractivity contribution is 7.13. The SMILES string of the molecule is Cc1ncsc1-c1ccc(CNC(=O)[C@@H]2C[C@@H](O)CN2C(=O)[C@@H](NC(=O)COCCOc2ccc(-c3ccc(C(=O)N[C@H]4C(C)(C)[C@H](Oc5ccc(C#N)c(Cl)c5)C4(C)C)cc3)cc2)C(C)(C)C)cc1. The molecule has 0 radical (unpaired) electrons. The summed E-state index contributed by atoms with van der Waals surface area (Å²) in [6.45, 7) is 15.9. The van der Waals surface area contributed by atoms with E-state index in [9.17, 15) is 29.5 Å². The number of hydrogen-bond donors (Lipinski definition) is 4. The maximum Gasteiger partial charge on any atom is 0.251 e. The summed E-state index contributed by atoms with van der Waals surface area (Å²) >= 11 is 7.82. The largest absolute Gasteiger partial charge is 0.491 e. The standard InChI is InChI=1S/C54H61ClN6O8S/c1-32-45(70-31-58-32)36-11-9-33(10-12-36)28-57-48(65)43-25-39(62)29-61(43)49(66)46(52(2,3)4)59-44(63)30-67-23-24-68-40-20-17-35(18-21-40)34-13-15-37(16-14-34)47(64)60-50-53(5,6)51(54(50,7)8)69-41-22-19-38(27-56)42(55)26-41/h9-22,26,31,39,43,46,50-51,62H,23-25,28-30H2,1-8H3,(H,57,65)(H,59,63)(H,60,64)/t39-,43+,46-,50-,51-/m1/s1. The van der Waals surface area contributed by atoms with E-state index >= 15 is 0 Å². The number of likely N-dealkylation sites (tertiary alicyclic amines) is 1. The van der Waals surface area contributed by atoms with E-state index in [4.69, 9.17) is 25.8 Å². The fraction of sp³-hybridized carbons (Fsp3) is 0.407. The number of thiazole rings is 1. The molecule has 4 N–H and O–H groups in total. The molecule has 3 atom stereocenters. The number of aliphatic hydroxyl groups excluding tert-OH is 1. The molecule has 0 unspecified atom stereocenters. The average Bonchev–Trinajstić information content (AvgIpc) is 3.95. The average molecular weight is 990 g/mol. The van der Waals surface area contributed by atoms with Gasteiger partial charge in [-0.1, -0.05) is 109 Å². The van der Waals surface area contributed by atoms with E-state index in [1.54, 1.807) is 41.7 Å². The Hall–Kier alpha value is -6.31. The molecule has 0 spiro atoms. The third kappa shape index (κ3) is 11.6. The summed E-state index contributed by atoms with van der Waals surface area (Å²) < 4.78 is 17.9. The molecule has 1 saturated heterocycles. The topological polar surface area (TPSA) is 192 Å². The Morgan fingerprint density at radius 3 is 2.14 bits per heavy atom. The van der Waals surface area contributed by atoms with Crippen LogP contribution in [0.5, 0.6) is 11.5 Å². The third-order valence-corrected chi connectivity index (χ3v) is 14.5. The van der Waals surface area contributed by atoms with E-state index in [1.807, 2.05) is 93.9 Å². The van der Waals surface area contributed by atoms with E-state index < -0.39 is 46.2 Å². The first-order chi connectivity index (χ1) is 33.2. The predicted octanol–water partition coefficient (Wildman–Crippen LogP) is 8.13. The molecule has 1 saturated carbocycles. The number of nitrogens with zero attached hydrogens (tertiary/aromatic N) is 3. The van der Waals surface area contributed by atoms with Gasteiger partial charge in [-0.15, -0.1) is 11.3 Å². The number of benzene rings is 4. The molecule has 16 heteroatoms. The van der Waals surface area contributed by atoms with Crippen molar-refractivity contribution >= 4 is 46.6 Å². The first-order valence-corrected chi connectivity index (χ1v) is 24.6. The molecule has 4 aromatic carbocycles. The number of nitrogens with one attached hydrogen (secondary N) is 3. The van der Waals surface area contributed by atoms with Crippen LogP contribution in [0.4, 0.5) is 0 Å². The van der Waals surface area contributed by atoms with Gasteiger partial charge in [0.1, 0.15) is 49.0 Å². The Labute approximate surface area is 418 Å². The van der Waals surface area contributed by atoms with Gasteiger partial charge in [-0.2, -0.15) is 5.26 Å². The molecule has 1 aromatic heterocycles. The summed E-state index contributed by atoms with van der Waals surface area (Å²) in [5, 5.41) is 29.1. The van der Waals surface area contributed by atoms with Crippen molar-refractivity contribution in [2.45, 2.75) is 98.7 Å². The second-order valence-electron chi connectivity index (χ2n) is 20.2. The zero-order valence-corrected chi connectivity index (χ0v) is 42.4. The molecule has 2 heterocycles. The van der Waals surface area contributed by atoms with Crippen LogP contribution in [-0.2, 0) is 25.7 Å². The summed E-state index contributed by atoms with van der Waals surface area (Å²) in [4.78, 5) is 60.9. The number of carbonyl (C=O) groups excluding carboxylic acids is 4. The van der Waals surface area contributed by atoms with Gasteiger partial charge in [-0.05, 0) is 71.0 Å². The Kier molecular flexibility index (Phi) is 15.7. The van der Waals surface area contributed by atoms with Crippen LogP contribution in [0.1, 0.15) is 82.1 Å². The lowest BCUT2D eigenvalue weighted by Crippen LogP contribution is -2.74. The van der Waals surface area contributed by atoms with E-state index in [0.717, 1.165) is 32.8 Å². The summed E-state index contributed by atoms with van der Waals surface area (Å²) in [5.74, 6) is -0.343. The van der Waals surface area contributed by atoms with Gasteiger partial charge in [0, 0.05) is 48.0 Å². The minimum absolute atomic E-state index is 0.0285. The number of halogens is 1. The molecular weight excluding hydrogens is 928 g/mol. The van der Waals surface area contributed by atoms with Gasteiger partial charge in [-0.3, -0.25) is 19.2 Å². The van der Waals surface area contributed by atoms with Gasteiger partial charge in [0.25, 0.3) is 5.91 Å². The normalized spacial score (nSPS) is 19.5. The lowest BCUT2D eigenvalue weighted by Gasteiger charge is -2.63. The fourth-order valence-corrected chi connectivity index (χ4v) is 10.8. The maximum atomic E-state index is 14.0. The molecule has 368 valence electrons. The molecule has 14 nitrogen and oxygen atoms in total. The predicted molar refractivity (Wildman–Crippen MR) is 269 cm³/mol. The Bertz CT molecular complexity index is 2710. The fourth-order valence-electron chi connectivity index (χ4n) is 9.73. The number of amides is 4. The third-order valence-electron chi connectivity index (χ3n) is 13.2. The van der Waals surface area contributed by atoms with Crippen molar-refractivity contribution < 1.29 is 38.5 Å². The number of ether oxygens (including phenoxy) is 3. The molecule has 70 heavy (non-hydrogen) atoms. The smallest absolute Gasteiger partial charge is 0.251 e. The highest BCUT2D eigenvalue weighted by Gasteiger charge is 2.64.